The van der Waals surface area contributed by atoms with Gasteiger partial charge in [0.1, 0.15) is 0 Å². The van der Waals surface area contributed by atoms with Crippen molar-refractivity contribution in [2.45, 2.75) is 6.16 Å². The van der Waals surface area contributed by atoms with Gasteiger partial charge in [-0.15, -0.1) is 0 Å². The molecule has 0 aliphatic rings. The van der Waals surface area contributed by atoms with Gasteiger partial charge in [-0.2, -0.15) is 0 Å². The van der Waals surface area contributed by atoms with E-state index in [0.29, 0.717) is 17.2 Å². The van der Waals surface area contributed by atoms with E-state index in [0.717, 1.165) is 6.16 Å². The first-order chi connectivity index (χ1) is 12.8. The summed E-state index contributed by atoms with van der Waals surface area (Å²) in [6.07, 6.45) is 0.903. The van der Waals surface area contributed by atoms with Gasteiger partial charge in [0.15, 0.2) is 11.5 Å². The van der Waals surface area contributed by atoms with E-state index >= 15 is 0 Å². The van der Waals surface area contributed by atoms with Crippen molar-refractivity contribution >= 4 is 18.5 Å². The molecule has 0 N–H and O–H groups in total. The second kappa shape index (κ2) is 8.73. The minimum atomic E-state index is -0.528. The van der Waals surface area contributed by atoms with Crippen molar-refractivity contribution in [2.24, 2.45) is 0 Å². The molecule has 3 aromatic carbocycles. The molecule has 0 bridgehead atoms. The number of methoxy groups -OCH3 is 3. The van der Waals surface area contributed by atoms with E-state index in [1.807, 2.05) is 12.1 Å². The van der Waals surface area contributed by atoms with Gasteiger partial charge in [-0.05, 0) is 36.2 Å². The van der Waals surface area contributed by atoms with Crippen molar-refractivity contribution < 1.29 is 14.2 Å². The van der Waals surface area contributed by atoms with Crippen molar-refractivity contribution in [1.29, 1.82) is 0 Å². The van der Waals surface area contributed by atoms with Gasteiger partial charge in [0.25, 0.3) is 0 Å². The topological polar surface area (TPSA) is 27.7 Å². The Morgan fingerprint density at radius 3 is 1.50 bits per heavy atom. The fourth-order valence-corrected chi connectivity index (χ4v) is 5.23. The van der Waals surface area contributed by atoms with Crippen LogP contribution in [0.5, 0.6) is 17.2 Å². The van der Waals surface area contributed by atoms with Crippen LogP contribution in [0.25, 0.3) is 0 Å². The molecule has 0 amide bonds. The number of rotatable bonds is 7. The van der Waals surface area contributed by atoms with E-state index in [2.05, 4.69) is 60.7 Å². The SMILES string of the molecule is COc1cc(CP(c2ccccc2)c2ccccc2)cc(OC)c1OC. The normalized spacial score (nSPS) is 10.6. The highest BCUT2D eigenvalue weighted by Gasteiger charge is 2.18. The second-order valence-corrected chi connectivity index (χ2v) is 8.00. The molecule has 0 atom stereocenters. The predicted octanol–water partition coefficient (Wildman–Crippen LogP) is 4.35. The second-order valence-electron chi connectivity index (χ2n) is 5.79. The van der Waals surface area contributed by atoms with Crippen LogP contribution in [-0.4, -0.2) is 21.3 Å². The van der Waals surface area contributed by atoms with Gasteiger partial charge in [-0.3, -0.25) is 0 Å². The Labute approximate surface area is 156 Å². The maximum atomic E-state index is 5.51. The van der Waals surface area contributed by atoms with Gasteiger partial charge in [0.2, 0.25) is 5.75 Å². The first-order valence-electron chi connectivity index (χ1n) is 8.43. The van der Waals surface area contributed by atoms with Crippen molar-refractivity contribution in [2.75, 3.05) is 21.3 Å². The third-order valence-electron chi connectivity index (χ3n) is 4.20. The standard InChI is InChI=1S/C22H23O3P/c1-23-20-14-17(15-21(24-2)22(20)25-3)16-26(18-10-6-4-7-11-18)19-12-8-5-9-13-19/h4-15H,16H2,1-3H3. The Bertz CT molecular complexity index is 770. The summed E-state index contributed by atoms with van der Waals surface area (Å²) in [6.45, 7) is 0. The van der Waals surface area contributed by atoms with Gasteiger partial charge in [-0.25, -0.2) is 0 Å². The highest BCUT2D eigenvalue weighted by atomic mass is 31.1. The van der Waals surface area contributed by atoms with E-state index in [-0.39, 0.29) is 0 Å². The van der Waals surface area contributed by atoms with Crippen LogP contribution < -0.4 is 24.8 Å². The molecule has 26 heavy (non-hydrogen) atoms. The fourth-order valence-electron chi connectivity index (χ4n) is 2.96. The van der Waals surface area contributed by atoms with Gasteiger partial charge in [0.05, 0.1) is 21.3 Å². The van der Waals surface area contributed by atoms with E-state index in [1.54, 1.807) is 21.3 Å². The minimum Gasteiger partial charge on any atom is -0.493 e. The van der Waals surface area contributed by atoms with Crippen LogP contribution in [0.2, 0.25) is 0 Å². The monoisotopic (exact) mass is 366 g/mol. The average molecular weight is 366 g/mol. The minimum absolute atomic E-state index is 0.528. The summed E-state index contributed by atoms with van der Waals surface area (Å²) in [5, 5.41) is 2.70. The smallest absolute Gasteiger partial charge is 0.203 e. The van der Waals surface area contributed by atoms with Crippen LogP contribution >= 0.6 is 7.92 Å². The highest BCUT2D eigenvalue weighted by Crippen LogP contribution is 2.43. The van der Waals surface area contributed by atoms with Gasteiger partial charge in [0, 0.05) is 6.16 Å². The first kappa shape index (κ1) is 18.3. The molecule has 0 fully saturated rings. The van der Waals surface area contributed by atoms with Crippen molar-refractivity contribution in [1.82, 2.24) is 0 Å². The third-order valence-corrected chi connectivity index (χ3v) is 6.73. The Balaban J connectivity index is 2.02. The number of benzene rings is 3. The van der Waals surface area contributed by atoms with E-state index in [4.69, 9.17) is 14.2 Å². The van der Waals surface area contributed by atoms with Crippen LogP contribution in [0.3, 0.4) is 0 Å². The maximum absolute atomic E-state index is 5.51. The zero-order valence-corrected chi connectivity index (χ0v) is 16.2. The van der Waals surface area contributed by atoms with E-state index in [9.17, 15) is 0 Å². The molecule has 3 nitrogen and oxygen atoms in total. The first-order valence-corrected chi connectivity index (χ1v) is 9.96. The zero-order valence-electron chi connectivity index (χ0n) is 15.3. The van der Waals surface area contributed by atoms with Crippen molar-refractivity contribution in [3.8, 4) is 17.2 Å². The molecule has 0 saturated heterocycles. The summed E-state index contributed by atoms with van der Waals surface area (Å²) in [5.41, 5.74) is 1.17. The predicted molar refractivity (Wildman–Crippen MR) is 109 cm³/mol. The zero-order chi connectivity index (χ0) is 18.4. The molecule has 134 valence electrons. The Kier molecular flexibility index (Phi) is 6.14. The molecular formula is C22H23O3P. The third kappa shape index (κ3) is 4.00. The molecular weight excluding hydrogens is 343 g/mol. The molecule has 0 heterocycles. The lowest BCUT2D eigenvalue weighted by Gasteiger charge is -2.20. The van der Waals surface area contributed by atoms with Gasteiger partial charge < -0.3 is 14.2 Å². The molecule has 0 radical (unpaired) electrons. The molecule has 3 aromatic rings. The summed E-state index contributed by atoms with van der Waals surface area (Å²) in [4.78, 5) is 0. The van der Waals surface area contributed by atoms with Gasteiger partial charge >= 0.3 is 0 Å². The van der Waals surface area contributed by atoms with Crippen molar-refractivity contribution in [3.05, 3.63) is 78.4 Å². The molecule has 0 saturated carbocycles. The number of hydrogen-bond acceptors (Lipinski definition) is 3. The molecule has 0 aliphatic carbocycles. The lowest BCUT2D eigenvalue weighted by Crippen LogP contribution is -2.13. The lowest BCUT2D eigenvalue weighted by molar-refractivity contribution is 0.324. The molecule has 0 unspecified atom stereocenters. The highest BCUT2D eigenvalue weighted by molar-refractivity contribution is 7.72. The molecule has 0 aromatic heterocycles. The molecule has 0 spiro atoms. The lowest BCUT2D eigenvalue weighted by atomic mass is 10.2. The Morgan fingerprint density at radius 1 is 0.654 bits per heavy atom. The van der Waals surface area contributed by atoms with Crippen LogP contribution in [0.1, 0.15) is 5.56 Å². The maximum Gasteiger partial charge on any atom is 0.203 e. The van der Waals surface area contributed by atoms with Crippen LogP contribution in [0, 0.1) is 0 Å². The average Bonchev–Trinajstić information content (AvgIpc) is 2.72. The van der Waals surface area contributed by atoms with Gasteiger partial charge in [-0.1, -0.05) is 60.7 Å². The molecule has 4 heteroatoms. The Morgan fingerprint density at radius 2 is 1.12 bits per heavy atom. The van der Waals surface area contributed by atoms with E-state index in [1.165, 1.54) is 16.2 Å². The van der Waals surface area contributed by atoms with Crippen LogP contribution in [0.4, 0.5) is 0 Å². The fraction of sp³-hybridized carbons (Fsp3) is 0.182. The number of ether oxygens (including phenoxy) is 3. The number of hydrogen-bond donors (Lipinski definition) is 0. The molecule has 0 aliphatic heterocycles. The van der Waals surface area contributed by atoms with Crippen molar-refractivity contribution in [3.63, 3.8) is 0 Å². The Hall–Kier alpha value is -2.51. The summed E-state index contributed by atoms with van der Waals surface area (Å²) in [5.74, 6) is 2.01. The van der Waals surface area contributed by atoms with E-state index < -0.39 is 7.92 Å². The quantitative estimate of drug-likeness (QED) is 0.582. The summed E-state index contributed by atoms with van der Waals surface area (Å²) in [6, 6.07) is 25.4. The van der Waals surface area contributed by atoms with Crippen LogP contribution in [0.15, 0.2) is 72.8 Å². The summed E-state index contributed by atoms with van der Waals surface area (Å²) >= 11 is 0. The summed E-state index contributed by atoms with van der Waals surface area (Å²) < 4.78 is 16.5. The molecule has 3 rings (SSSR count). The van der Waals surface area contributed by atoms with Crippen LogP contribution in [-0.2, 0) is 6.16 Å². The summed E-state index contributed by atoms with van der Waals surface area (Å²) in [7, 11) is 4.40. The largest absolute Gasteiger partial charge is 0.493 e.